The van der Waals surface area contributed by atoms with Crippen LogP contribution in [0.2, 0.25) is 0 Å². The van der Waals surface area contributed by atoms with Gasteiger partial charge in [-0.25, -0.2) is 8.78 Å². The van der Waals surface area contributed by atoms with Gasteiger partial charge in [-0.3, -0.25) is 0 Å². The first kappa shape index (κ1) is 8.54. The molecule has 0 spiro atoms. The summed E-state index contributed by atoms with van der Waals surface area (Å²) in [5.41, 5.74) is 0. The van der Waals surface area contributed by atoms with E-state index in [4.69, 9.17) is 11.2 Å². The van der Waals surface area contributed by atoms with Gasteiger partial charge in [-0.2, -0.15) is 0 Å². The Labute approximate surface area is 69.0 Å². The summed E-state index contributed by atoms with van der Waals surface area (Å²) < 4.78 is 29.6. The SMILES string of the molecule is C#CCOc1c[c]c(F)c(F)c1. The highest BCUT2D eigenvalue weighted by molar-refractivity contribution is 5.23. The molecule has 0 aliphatic carbocycles. The van der Waals surface area contributed by atoms with Crippen molar-refractivity contribution in [2.45, 2.75) is 0 Å². The van der Waals surface area contributed by atoms with E-state index < -0.39 is 11.6 Å². The Balaban J connectivity index is 2.77. The van der Waals surface area contributed by atoms with Crippen molar-refractivity contribution in [3.05, 3.63) is 29.8 Å². The van der Waals surface area contributed by atoms with Gasteiger partial charge in [0.25, 0.3) is 0 Å². The van der Waals surface area contributed by atoms with Crippen molar-refractivity contribution in [3.63, 3.8) is 0 Å². The number of benzene rings is 1. The minimum absolute atomic E-state index is 0.0267. The largest absolute Gasteiger partial charge is 0.481 e. The maximum absolute atomic E-state index is 12.5. The molecule has 0 saturated carbocycles. The van der Waals surface area contributed by atoms with Crippen molar-refractivity contribution in [1.82, 2.24) is 0 Å². The summed E-state index contributed by atoms with van der Waals surface area (Å²) in [6.07, 6.45) is 4.89. The van der Waals surface area contributed by atoms with E-state index >= 15 is 0 Å². The Kier molecular flexibility index (Phi) is 2.65. The lowest BCUT2D eigenvalue weighted by molar-refractivity contribution is 0.365. The number of hydrogen-bond acceptors (Lipinski definition) is 1. The zero-order valence-electron chi connectivity index (χ0n) is 6.10. The second-order valence-electron chi connectivity index (χ2n) is 1.99. The first-order chi connectivity index (χ1) is 5.74. The van der Waals surface area contributed by atoms with Gasteiger partial charge in [0.2, 0.25) is 0 Å². The molecule has 0 heterocycles. The fourth-order valence-corrected chi connectivity index (χ4v) is 0.642. The van der Waals surface area contributed by atoms with Crippen LogP contribution in [0.3, 0.4) is 0 Å². The number of terminal acetylenes is 1. The molecule has 0 amide bonds. The van der Waals surface area contributed by atoms with E-state index in [1.807, 2.05) is 6.07 Å². The number of ether oxygens (including phenoxy) is 1. The van der Waals surface area contributed by atoms with Gasteiger partial charge in [-0.1, -0.05) is 5.92 Å². The van der Waals surface area contributed by atoms with Crippen LogP contribution in [0.4, 0.5) is 8.78 Å². The highest BCUT2D eigenvalue weighted by Crippen LogP contribution is 2.14. The standard InChI is InChI=1S/C9H5F2O/c1-2-5-12-7-3-4-8(10)9(11)6-7/h1,3,6H,5H2. The van der Waals surface area contributed by atoms with Crippen LogP contribution in [-0.4, -0.2) is 6.61 Å². The fourth-order valence-electron chi connectivity index (χ4n) is 0.642. The van der Waals surface area contributed by atoms with Gasteiger partial charge in [0, 0.05) is 12.1 Å². The molecule has 1 rings (SSSR count). The molecule has 0 aliphatic heterocycles. The van der Waals surface area contributed by atoms with Crippen LogP contribution < -0.4 is 4.74 Å². The average molecular weight is 167 g/mol. The van der Waals surface area contributed by atoms with Crippen molar-refractivity contribution in [1.29, 1.82) is 0 Å². The summed E-state index contributed by atoms with van der Waals surface area (Å²) >= 11 is 0. The van der Waals surface area contributed by atoms with Gasteiger partial charge in [0.1, 0.15) is 12.4 Å². The Morgan fingerprint density at radius 1 is 1.58 bits per heavy atom. The fraction of sp³-hybridized carbons (Fsp3) is 0.111. The molecule has 1 nitrogen and oxygen atoms in total. The molecule has 12 heavy (non-hydrogen) atoms. The smallest absolute Gasteiger partial charge is 0.167 e. The zero-order chi connectivity index (χ0) is 8.97. The molecule has 1 radical (unpaired) electrons. The van der Waals surface area contributed by atoms with Crippen LogP contribution in [0.15, 0.2) is 12.1 Å². The summed E-state index contributed by atoms with van der Waals surface area (Å²) in [7, 11) is 0. The van der Waals surface area contributed by atoms with Crippen LogP contribution in [0.1, 0.15) is 0 Å². The molecule has 3 heteroatoms. The third-order valence-electron chi connectivity index (χ3n) is 1.14. The summed E-state index contributed by atoms with van der Waals surface area (Å²) in [5, 5.41) is 0. The third kappa shape index (κ3) is 1.96. The van der Waals surface area contributed by atoms with Gasteiger partial charge >= 0.3 is 0 Å². The Morgan fingerprint density at radius 3 is 2.92 bits per heavy atom. The van der Waals surface area contributed by atoms with Gasteiger partial charge in [0.05, 0.1) is 0 Å². The predicted molar refractivity (Wildman–Crippen MR) is 39.5 cm³/mol. The molecule has 0 atom stereocenters. The predicted octanol–water partition coefficient (Wildman–Crippen LogP) is 1.78. The van der Waals surface area contributed by atoms with E-state index in [-0.39, 0.29) is 12.4 Å². The Hall–Kier alpha value is -1.56. The second-order valence-corrected chi connectivity index (χ2v) is 1.99. The normalized spacial score (nSPS) is 9.08. The molecule has 0 aliphatic rings. The average Bonchev–Trinajstić information content (AvgIpc) is 2.07. The van der Waals surface area contributed by atoms with Crippen LogP contribution in [0, 0.1) is 30.0 Å². The maximum Gasteiger partial charge on any atom is 0.167 e. The van der Waals surface area contributed by atoms with Crippen LogP contribution >= 0.6 is 0 Å². The molecule has 61 valence electrons. The summed E-state index contributed by atoms with van der Waals surface area (Å²) in [4.78, 5) is 0. The highest BCUT2D eigenvalue weighted by Gasteiger charge is 2.02. The molecule has 0 aromatic heterocycles. The van der Waals surface area contributed by atoms with Crippen molar-refractivity contribution >= 4 is 0 Å². The second kappa shape index (κ2) is 3.72. The topological polar surface area (TPSA) is 9.23 Å². The van der Waals surface area contributed by atoms with Gasteiger partial charge in [-0.05, 0) is 6.07 Å². The van der Waals surface area contributed by atoms with Gasteiger partial charge in [0.15, 0.2) is 11.6 Å². The van der Waals surface area contributed by atoms with Crippen LogP contribution in [0.5, 0.6) is 5.75 Å². The number of rotatable bonds is 2. The first-order valence-electron chi connectivity index (χ1n) is 3.17. The van der Waals surface area contributed by atoms with E-state index in [2.05, 4.69) is 5.92 Å². The van der Waals surface area contributed by atoms with Crippen molar-refractivity contribution in [2.24, 2.45) is 0 Å². The Morgan fingerprint density at radius 2 is 2.33 bits per heavy atom. The van der Waals surface area contributed by atoms with E-state index in [0.29, 0.717) is 0 Å². The van der Waals surface area contributed by atoms with Crippen LogP contribution in [0.25, 0.3) is 0 Å². The van der Waals surface area contributed by atoms with E-state index in [9.17, 15) is 8.78 Å². The van der Waals surface area contributed by atoms with E-state index in [1.54, 1.807) is 0 Å². The molecule has 0 N–H and O–H groups in total. The maximum atomic E-state index is 12.5. The molecule has 0 fully saturated rings. The molecule has 0 unspecified atom stereocenters. The van der Waals surface area contributed by atoms with E-state index in [1.165, 1.54) is 6.07 Å². The summed E-state index contributed by atoms with van der Waals surface area (Å²) in [5.74, 6) is 0.350. The molecular weight excluding hydrogens is 162 g/mol. The highest BCUT2D eigenvalue weighted by atomic mass is 19.2. The van der Waals surface area contributed by atoms with E-state index in [0.717, 1.165) is 6.07 Å². The van der Waals surface area contributed by atoms with Crippen LogP contribution in [-0.2, 0) is 0 Å². The van der Waals surface area contributed by atoms with Crippen molar-refractivity contribution < 1.29 is 13.5 Å². The lowest BCUT2D eigenvalue weighted by Crippen LogP contribution is -1.94. The zero-order valence-corrected chi connectivity index (χ0v) is 6.10. The van der Waals surface area contributed by atoms with Crippen molar-refractivity contribution in [3.8, 4) is 18.1 Å². The summed E-state index contributed by atoms with van der Waals surface area (Å²) in [6, 6.07) is 4.15. The van der Waals surface area contributed by atoms with Crippen molar-refractivity contribution in [2.75, 3.05) is 6.61 Å². The lowest BCUT2D eigenvalue weighted by Gasteiger charge is -2.00. The Bertz CT molecular complexity index is 315. The first-order valence-corrected chi connectivity index (χ1v) is 3.17. The minimum atomic E-state index is -1.02. The molecule has 0 saturated heterocycles. The molecule has 1 aromatic carbocycles. The molecule has 0 bridgehead atoms. The minimum Gasteiger partial charge on any atom is -0.481 e. The monoisotopic (exact) mass is 167 g/mol. The lowest BCUT2D eigenvalue weighted by atomic mass is 10.3. The third-order valence-corrected chi connectivity index (χ3v) is 1.14. The number of halogens is 2. The number of hydrogen-bond donors (Lipinski definition) is 0. The molecule has 1 aromatic rings. The molecular formula is C9H5F2O. The summed E-state index contributed by atoms with van der Waals surface area (Å²) in [6.45, 7) is 0.0267. The van der Waals surface area contributed by atoms with Gasteiger partial charge in [-0.15, -0.1) is 6.42 Å². The van der Waals surface area contributed by atoms with Gasteiger partial charge < -0.3 is 4.74 Å². The quantitative estimate of drug-likeness (QED) is 0.610.